The highest BCUT2D eigenvalue weighted by molar-refractivity contribution is 6.34. The molecule has 7 nitrogen and oxygen atoms in total. The molecule has 144 valence electrons. The number of aryl methyl sites for hydroxylation is 1. The van der Waals surface area contributed by atoms with Crippen molar-refractivity contribution in [3.63, 3.8) is 0 Å². The van der Waals surface area contributed by atoms with Crippen LogP contribution in [0.15, 0.2) is 66.9 Å². The van der Waals surface area contributed by atoms with Gasteiger partial charge in [0.2, 0.25) is 0 Å². The van der Waals surface area contributed by atoms with Crippen LogP contribution in [0.4, 0.5) is 11.5 Å². The van der Waals surface area contributed by atoms with E-state index in [2.05, 4.69) is 5.32 Å². The Morgan fingerprint density at radius 1 is 1.14 bits per heavy atom. The molecule has 0 saturated heterocycles. The molecule has 8 heteroatoms. The summed E-state index contributed by atoms with van der Waals surface area (Å²) in [6.45, 7) is 1.93. The van der Waals surface area contributed by atoms with E-state index in [0.29, 0.717) is 17.2 Å². The number of nitro benzene ring substituents is 1. The Labute approximate surface area is 170 Å². The van der Waals surface area contributed by atoms with Crippen molar-refractivity contribution in [3.8, 4) is 11.3 Å². The number of anilines is 1. The fourth-order valence-electron chi connectivity index (χ4n) is 3.10. The first-order chi connectivity index (χ1) is 14.0. The standard InChI is InChI=1S/C21H15ClN4O3/c1-13-6-5-11-25-19(13)23-18(14-7-3-2-4-8-14)20(25)24-21(27)16-12-15(26(28)29)9-10-17(16)22/h2-12H,1H3,(H,24,27). The van der Waals surface area contributed by atoms with Crippen molar-refractivity contribution in [2.24, 2.45) is 0 Å². The maximum atomic E-state index is 13.0. The molecule has 0 aliphatic rings. The number of aromatic nitrogens is 2. The molecule has 0 aliphatic carbocycles. The molecule has 0 unspecified atom stereocenters. The Kier molecular flexibility index (Phi) is 4.74. The minimum atomic E-state index is -0.569. The number of carbonyl (C=O) groups is 1. The number of amides is 1. The fourth-order valence-corrected chi connectivity index (χ4v) is 3.30. The number of hydrogen-bond donors (Lipinski definition) is 1. The van der Waals surface area contributed by atoms with Crippen molar-refractivity contribution in [1.29, 1.82) is 0 Å². The third kappa shape index (κ3) is 3.43. The predicted molar refractivity (Wildman–Crippen MR) is 111 cm³/mol. The molecule has 4 aromatic rings. The molecular weight excluding hydrogens is 392 g/mol. The monoisotopic (exact) mass is 406 g/mol. The van der Waals surface area contributed by atoms with Gasteiger partial charge in [0, 0.05) is 23.9 Å². The van der Waals surface area contributed by atoms with Crippen molar-refractivity contribution in [2.75, 3.05) is 5.32 Å². The van der Waals surface area contributed by atoms with E-state index in [1.54, 1.807) is 10.6 Å². The van der Waals surface area contributed by atoms with E-state index >= 15 is 0 Å². The average Bonchev–Trinajstić information content (AvgIpc) is 3.08. The van der Waals surface area contributed by atoms with Crippen LogP contribution in [-0.2, 0) is 0 Å². The Morgan fingerprint density at radius 2 is 1.90 bits per heavy atom. The van der Waals surface area contributed by atoms with Crippen molar-refractivity contribution >= 4 is 34.7 Å². The number of rotatable bonds is 4. The first-order valence-electron chi connectivity index (χ1n) is 8.74. The maximum absolute atomic E-state index is 13.0. The second kappa shape index (κ2) is 7.37. The molecule has 0 fully saturated rings. The van der Waals surface area contributed by atoms with Crippen molar-refractivity contribution in [1.82, 2.24) is 9.38 Å². The summed E-state index contributed by atoms with van der Waals surface area (Å²) < 4.78 is 1.78. The second-order valence-electron chi connectivity index (χ2n) is 6.44. The average molecular weight is 407 g/mol. The molecule has 0 aliphatic heterocycles. The number of non-ortho nitro benzene ring substituents is 1. The van der Waals surface area contributed by atoms with Gasteiger partial charge in [0.15, 0.2) is 0 Å². The van der Waals surface area contributed by atoms with E-state index in [-0.39, 0.29) is 16.3 Å². The van der Waals surface area contributed by atoms with Crippen LogP contribution in [0, 0.1) is 17.0 Å². The number of nitrogens with one attached hydrogen (secondary N) is 1. The number of halogens is 1. The molecule has 0 radical (unpaired) electrons. The zero-order valence-electron chi connectivity index (χ0n) is 15.3. The van der Waals surface area contributed by atoms with Gasteiger partial charge in [-0.05, 0) is 24.6 Å². The van der Waals surface area contributed by atoms with Crippen LogP contribution >= 0.6 is 11.6 Å². The van der Waals surface area contributed by atoms with Gasteiger partial charge < -0.3 is 5.32 Å². The van der Waals surface area contributed by atoms with Crippen LogP contribution in [0.5, 0.6) is 0 Å². The number of nitrogens with zero attached hydrogens (tertiary/aromatic N) is 3. The van der Waals surface area contributed by atoms with Gasteiger partial charge in [-0.3, -0.25) is 19.3 Å². The summed E-state index contributed by atoms with van der Waals surface area (Å²) in [6.07, 6.45) is 1.80. The Morgan fingerprint density at radius 3 is 2.62 bits per heavy atom. The number of carbonyl (C=O) groups excluding carboxylic acids is 1. The summed E-state index contributed by atoms with van der Waals surface area (Å²) >= 11 is 6.13. The van der Waals surface area contributed by atoms with Crippen LogP contribution in [0.25, 0.3) is 16.9 Å². The molecule has 4 rings (SSSR count). The Bertz CT molecular complexity index is 1250. The lowest BCUT2D eigenvalue weighted by atomic mass is 10.1. The largest absolute Gasteiger partial charge is 0.306 e. The number of imidazole rings is 1. The summed E-state index contributed by atoms with van der Waals surface area (Å²) in [5.74, 6) is -0.0957. The molecule has 2 heterocycles. The van der Waals surface area contributed by atoms with Gasteiger partial charge in [-0.1, -0.05) is 48.0 Å². The molecule has 2 aromatic carbocycles. The number of benzene rings is 2. The predicted octanol–water partition coefficient (Wildman–Crippen LogP) is 5.12. The summed E-state index contributed by atoms with van der Waals surface area (Å²) in [6, 6.07) is 17.0. The zero-order chi connectivity index (χ0) is 20.5. The molecule has 29 heavy (non-hydrogen) atoms. The zero-order valence-corrected chi connectivity index (χ0v) is 16.1. The molecular formula is C21H15ClN4O3. The van der Waals surface area contributed by atoms with Gasteiger partial charge in [-0.2, -0.15) is 0 Å². The first-order valence-corrected chi connectivity index (χ1v) is 9.12. The van der Waals surface area contributed by atoms with E-state index < -0.39 is 10.8 Å². The minimum absolute atomic E-state index is 0.0162. The van der Waals surface area contributed by atoms with Crippen LogP contribution in [0.3, 0.4) is 0 Å². The Balaban J connectivity index is 1.84. The van der Waals surface area contributed by atoms with Crippen molar-refractivity contribution in [2.45, 2.75) is 6.92 Å². The molecule has 0 saturated carbocycles. The van der Waals surface area contributed by atoms with E-state index in [0.717, 1.165) is 17.2 Å². The SMILES string of the molecule is Cc1cccn2c(NC(=O)c3cc([N+](=O)[O-])ccc3Cl)c(-c3ccccc3)nc12. The van der Waals surface area contributed by atoms with Gasteiger partial charge in [-0.15, -0.1) is 0 Å². The maximum Gasteiger partial charge on any atom is 0.270 e. The molecule has 0 atom stereocenters. The number of pyridine rings is 1. The fraction of sp³-hybridized carbons (Fsp3) is 0.0476. The minimum Gasteiger partial charge on any atom is -0.306 e. The normalized spacial score (nSPS) is 10.8. The highest BCUT2D eigenvalue weighted by Gasteiger charge is 2.21. The number of nitro groups is 1. The van der Waals surface area contributed by atoms with Crippen molar-refractivity contribution in [3.05, 3.63) is 93.1 Å². The molecule has 0 spiro atoms. The van der Waals surface area contributed by atoms with Crippen LogP contribution < -0.4 is 5.32 Å². The first kappa shape index (κ1) is 18.6. The van der Waals surface area contributed by atoms with E-state index in [1.165, 1.54) is 12.1 Å². The van der Waals surface area contributed by atoms with Gasteiger partial charge >= 0.3 is 0 Å². The van der Waals surface area contributed by atoms with Gasteiger partial charge in [0.1, 0.15) is 17.2 Å². The van der Waals surface area contributed by atoms with E-state index in [1.807, 2.05) is 49.4 Å². The molecule has 0 bridgehead atoms. The van der Waals surface area contributed by atoms with Gasteiger partial charge in [0.25, 0.3) is 11.6 Å². The Hall–Kier alpha value is -3.71. The summed E-state index contributed by atoms with van der Waals surface area (Å²) in [5, 5.41) is 14.0. The smallest absolute Gasteiger partial charge is 0.270 e. The number of hydrogen-bond acceptors (Lipinski definition) is 4. The highest BCUT2D eigenvalue weighted by Crippen LogP contribution is 2.31. The molecule has 1 amide bonds. The summed E-state index contributed by atoms with van der Waals surface area (Å²) in [5.41, 5.74) is 2.87. The lowest BCUT2D eigenvalue weighted by Gasteiger charge is -2.09. The molecule has 1 N–H and O–H groups in total. The summed E-state index contributed by atoms with van der Waals surface area (Å²) in [7, 11) is 0. The van der Waals surface area contributed by atoms with Crippen LogP contribution in [-0.4, -0.2) is 20.2 Å². The van der Waals surface area contributed by atoms with E-state index in [4.69, 9.17) is 16.6 Å². The molecule has 2 aromatic heterocycles. The lowest BCUT2D eigenvalue weighted by molar-refractivity contribution is -0.384. The van der Waals surface area contributed by atoms with E-state index in [9.17, 15) is 14.9 Å². The third-order valence-corrected chi connectivity index (χ3v) is 4.86. The summed E-state index contributed by atoms with van der Waals surface area (Å²) in [4.78, 5) is 28.2. The van der Waals surface area contributed by atoms with Gasteiger partial charge in [0.05, 0.1) is 15.5 Å². The second-order valence-corrected chi connectivity index (χ2v) is 6.84. The van der Waals surface area contributed by atoms with Crippen LogP contribution in [0.1, 0.15) is 15.9 Å². The van der Waals surface area contributed by atoms with Gasteiger partial charge in [-0.25, -0.2) is 4.98 Å². The quantitative estimate of drug-likeness (QED) is 0.376. The number of fused-ring (bicyclic) bond motifs is 1. The topological polar surface area (TPSA) is 89.5 Å². The highest BCUT2D eigenvalue weighted by atomic mass is 35.5. The van der Waals surface area contributed by atoms with Crippen LogP contribution in [0.2, 0.25) is 5.02 Å². The third-order valence-electron chi connectivity index (χ3n) is 4.53. The lowest BCUT2D eigenvalue weighted by Crippen LogP contribution is -2.15. The van der Waals surface area contributed by atoms with Crippen molar-refractivity contribution < 1.29 is 9.72 Å².